The summed E-state index contributed by atoms with van der Waals surface area (Å²) in [5.41, 5.74) is 2.74. The van der Waals surface area contributed by atoms with Gasteiger partial charge in [-0.2, -0.15) is 0 Å². The first-order chi connectivity index (χ1) is 12.7. The molecule has 0 aliphatic carbocycles. The van der Waals surface area contributed by atoms with Crippen molar-refractivity contribution in [2.45, 2.75) is 12.8 Å². The molecule has 2 aromatic carbocycles. The third-order valence-corrected chi connectivity index (χ3v) is 4.45. The van der Waals surface area contributed by atoms with Crippen LogP contribution in [0.4, 0.5) is 0 Å². The highest BCUT2D eigenvalue weighted by atomic mass is 16.4. The maximum Gasteiger partial charge on any atom is 0.159 e. The lowest BCUT2D eigenvalue weighted by molar-refractivity contribution is 0.101. The van der Waals surface area contributed by atoms with Gasteiger partial charge >= 0.3 is 0 Å². The summed E-state index contributed by atoms with van der Waals surface area (Å²) in [6.07, 6.45) is 1.68. The second-order valence-electron chi connectivity index (χ2n) is 6.19. The SMILES string of the molecule is CC(=O)c1ccc(-c2ccc(C(c3ccccc3)c3ccco3)o2)cc1. The Balaban J connectivity index is 1.71. The minimum absolute atomic E-state index is 0.0543. The minimum atomic E-state index is -0.101. The predicted octanol–water partition coefficient (Wildman–Crippen LogP) is 5.92. The number of Topliss-reactive ketones (excluding diaryl/α,β-unsaturated/α-hetero) is 1. The Labute approximate surface area is 151 Å². The van der Waals surface area contributed by atoms with Gasteiger partial charge in [-0.05, 0) is 36.8 Å². The fourth-order valence-electron chi connectivity index (χ4n) is 3.10. The van der Waals surface area contributed by atoms with Crippen molar-refractivity contribution in [3.05, 3.63) is 108 Å². The van der Waals surface area contributed by atoms with E-state index in [1.165, 1.54) is 0 Å². The van der Waals surface area contributed by atoms with Crippen molar-refractivity contribution in [1.29, 1.82) is 0 Å². The monoisotopic (exact) mass is 342 g/mol. The molecule has 2 aromatic heterocycles. The van der Waals surface area contributed by atoms with Crippen molar-refractivity contribution < 1.29 is 13.6 Å². The summed E-state index contributed by atoms with van der Waals surface area (Å²) in [6.45, 7) is 1.56. The number of furan rings is 2. The van der Waals surface area contributed by atoms with Gasteiger partial charge in [-0.3, -0.25) is 4.79 Å². The predicted molar refractivity (Wildman–Crippen MR) is 100 cm³/mol. The molecule has 0 spiro atoms. The Morgan fingerprint density at radius 1 is 0.808 bits per heavy atom. The van der Waals surface area contributed by atoms with Crippen molar-refractivity contribution in [3.63, 3.8) is 0 Å². The second kappa shape index (κ2) is 6.89. The first kappa shape index (κ1) is 16.2. The van der Waals surface area contributed by atoms with E-state index < -0.39 is 0 Å². The van der Waals surface area contributed by atoms with Crippen LogP contribution in [0.5, 0.6) is 0 Å². The van der Waals surface area contributed by atoms with Gasteiger partial charge in [0.25, 0.3) is 0 Å². The zero-order valence-electron chi connectivity index (χ0n) is 14.4. The molecule has 4 aromatic rings. The van der Waals surface area contributed by atoms with E-state index in [1.54, 1.807) is 13.2 Å². The Bertz CT molecular complexity index is 993. The van der Waals surface area contributed by atoms with Gasteiger partial charge in [-0.15, -0.1) is 0 Å². The molecule has 0 bridgehead atoms. The van der Waals surface area contributed by atoms with E-state index in [0.29, 0.717) is 5.56 Å². The molecule has 0 radical (unpaired) electrons. The number of benzene rings is 2. The van der Waals surface area contributed by atoms with Crippen molar-refractivity contribution in [1.82, 2.24) is 0 Å². The smallest absolute Gasteiger partial charge is 0.159 e. The number of hydrogen-bond donors (Lipinski definition) is 0. The number of hydrogen-bond acceptors (Lipinski definition) is 3. The van der Waals surface area contributed by atoms with E-state index in [9.17, 15) is 4.79 Å². The van der Waals surface area contributed by atoms with Gasteiger partial charge < -0.3 is 8.83 Å². The average molecular weight is 342 g/mol. The first-order valence-corrected chi connectivity index (χ1v) is 8.52. The van der Waals surface area contributed by atoms with Gasteiger partial charge in [0.05, 0.1) is 6.26 Å². The lowest BCUT2D eigenvalue weighted by atomic mass is 9.94. The summed E-state index contributed by atoms with van der Waals surface area (Å²) >= 11 is 0. The first-order valence-electron chi connectivity index (χ1n) is 8.52. The number of ketones is 1. The highest BCUT2D eigenvalue weighted by molar-refractivity contribution is 5.94. The normalized spacial score (nSPS) is 12.0. The van der Waals surface area contributed by atoms with Crippen molar-refractivity contribution in [3.8, 4) is 11.3 Å². The molecule has 0 fully saturated rings. The van der Waals surface area contributed by atoms with E-state index in [-0.39, 0.29) is 11.7 Å². The summed E-state index contributed by atoms with van der Waals surface area (Å²) in [5.74, 6) is 2.37. The van der Waals surface area contributed by atoms with E-state index in [4.69, 9.17) is 8.83 Å². The van der Waals surface area contributed by atoms with Crippen LogP contribution in [0.25, 0.3) is 11.3 Å². The molecular weight excluding hydrogens is 324 g/mol. The Hall–Kier alpha value is -3.33. The zero-order chi connectivity index (χ0) is 17.9. The Morgan fingerprint density at radius 3 is 2.23 bits per heavy atom. The lowest BCUT2D eigenvalue weighted by Crippen LogP contribution is -2.00. The number of carbonyl (C=O) groups excluding carboxylic acids is 1. The minimum Gasteiger partial charge on any atom is -0.468 e. The Morgan fingerprint density at radius 2 is 1.58 bits per heavy atom. The van der Waals surface area contributed by atoms with Crippen LogP contribution in [0, 0.1) is 0 Å². The van der Waals surface area contributed by atoms with Gasteiger partial charge in [0.1, 0.15) is 23.2 Å². The molecule has 3 nitrogen and oxygen atoms in total. The van der Waals surface area contributed by atoms with Gasteiger partial charge in [0.2, 0.25) is 0 Å². The molecule has 128 valence electrons. The van der Waals surface area contributed by atoms with Crippen LogP contribution >= 0.6 is 0 Å². The van der Waals surface area contributed by atoms with Crippen LogP contribution in [-0.2, 0) is 0 Å². The van der Waals surface area contributed by atoms with Crippen LogP contribution in [-0.4, -0.2) is 5.78 Å². The number of carbonyl (C=O) groups is 1. The topological polar surface area (TPSA) is 43.4 Å². The molecule has 1 unspecified atom stereocenters. The maximum absolute atomic E-state index is 11.4. The van der Waals surface area contributed by atoms with Gasteiger partial charge in [0, 0.05) is 11.1 Å². The third-order valence-electron chi connectivity index (χ3n) is 4.45. The Kier molecular flexibility index (Phi) is 4.28. The summed E-state index contributed by atoms with van der Waals surface area (Å²) < 4.78 is 11.8. The van der Waals surface area contributed by atoms with Crippen LogP contribution < -0.4 is 0 Å². The van der Waals surface area contributed by atoms with Crippen molar-refractivity contribution in [2.24, 2.45) is 0 Å². The molecule has 1 atom stereocenters. The van der Waals surface area contributed by atoms with E-state index in [0.717, 1.165) is 28.4 Å². The fraction of sp³-hybridized carbons (Fsp3) is 0.0870. The zero-order valence-corrected chi connectivity index (χ0v) is 14.4. The fourth-order valence-corrected chi connectivity index (χ4v) is 3.10. The summed E-state index contributed by atoms with van der Waals surface area (Å²) in [5, 5.41) is 0. The van der Waals surface area contributed by atoms with Crippen molar-refractivity contribution >= 4 is 5.78 Å². The third kappa shape index (κ3) is 3.11. The summed E-state index contributed by atoms with van der Waals surface area (Å²) in [4.78, 5) is 11.4. The molecule has 26 heavy (non-hydrogen) atoms. The van der Waals surface area contributed by atoms with Gasteiger partial charge in [0.15, 0.2) is 5.78 Å². The molecule has 3 heteroatoms. The quantitative estimate of drug-likeness (QED) is 0.423. The molecule has 0 saturated heterocycles. The van der Waals surface area contributed by atoms with Crippen LogP contribution in [0.3, 0.4) is 0 Å². The largest absolute Gasteiger partial charge is 0.468 e. The second-order valence-corrected chi connectivity index (χ2v) is 6.19. The molecule has 0 aliphatic heterocycles. The van der Waals surface area contributed by atoms with E-state index >= 15 is 0 Å². The van der Waals surface area contributed by atoms with Crippen LogP contribution in [0.2, 0.25) is 0 Å². The van der Waals surface area contributed by atoms with Crippen molar-refractivity contribution in [2.75, 3.05) is 0 Å². The summed E-state index contributed by atoms with van der Waals surface area (Å²) in [7, 11) is 0. The lowest BCUT2D eigenvalue weighted by Gasteiger charge is -2.12. The highest BCUT2D eigenvalue weighted by Crippen LogP contribution is 2.35. The van der Waals surface area contributed by atoms with Gasteiger partial charge in [-0.1, -0.05) is 54.6 Å². The van der Waals surface area contributed by atoms with E-state index in [2.05, 4.69) is 12.1 Å². The standard InChI is InChI=1S/C23H18O3/c1-16(24)17-9-11-18(12-10-17)20-13-14-22(26-20)23(21-8-5-15-25-21)19-6-3-2-4-7-19/h2-15,23H,1H3. The molecule has 0 amide bonds. The van der Waals surface area contributed by atoms with Crippen LogP contribution in [0.1, 0.15) is 40.3 Å². The highest BCUT2D eigenvalue weighted by Gasteiger charge is 2.23. The van der Waals surface area contributed by atoms with Crippen LogP contribution in [0.15, 0.2) is 94.0 Å². The molecule has 0 saturated carbocycles. The molecule has 4 rings (SSSR count). The van der Waals surface area contributed by atoms with Gasteiger partial charge in [-0.25, -0.2) is 0 Å². The molecule has 0 aliphatic rings. The molecular formula is C23H18O3. The van der Waals surface area contributed by atoms with E-state index in [1.807, 2.05) is 66.7 Å². The maximum atomic E-state index is 11.4. The summed E-state index contributed by atoms with van der Waals surface area (Å²) in [6, 6.07) is 25.4. The molecule has 2 heterocycles. The average Bonchev–Trinajstić information content (AvgIpc) is 3.36. The molecule has 0 N–H and O–H groups in total. The number of rotatable bonds is 5.